The smallest absolute Gasteiger partial charge is 0.119 e. The van der Waals surface area contributed by atoms with Crippen molar-refractivity contribution >= 4 is 24.0 Å². The second-order valence-corrected chi connectivity index (χ2v) is 4.81. The van der Waals surface area contributed by atoms with Crippen molar-refractivity contribution < 1.29 is 4.74 Å². The van der Waals surface area contributed by atoms with Crippen molar-refractivity contribution in [1.82, 2.24) is 10.2 Å². The molecule has 1 atom stereocenters. The van der Waals surface area contributed by atoms with Crippen LogP contribution in [-0.2, 0) is 0 Å². The van der Waals surface area contributed by atoms with Crippen LogP contribution < -0.4 is 10.1 Å². The molecule has 0 aliphatic carbocycles. The number of ether oxygens (including phenoxy) is 1. The molecule has 1 N–H and O–H groups in total. The summed E-state index contributed by atoms with van der Waals surface area (Å²) in [6.07, 6.45) is 1.23. The second kappa shape index (κ2) is 7.85. The van der Waals surface area contributed by atoms with Crippen molar-refractivity contribution in [2.45, 2.75) is 12.5 Å². The molecule has 3 nitrogen and oxygen atoms in total. The minimum Gasteiger partial charge on any atom is -0.492 e. The van der Waals surface area contributed by atoms with Crippen LogP contribution in [0, 0.1) is 0 Å². The molecular weight excluding hydrogens is 271 g/mol. The number of rotatable bonds is 5. The van der Waals surface area contributed by atoms with Gasteiger partial charge in [-0.1, -0.05) is 11.6 Å². The number of halogens is 2. The average Bonchev–Trinajstić information content (AvgIpc) is 2.80. The summed E-state index contributed by atoms with van der Waals surface area (Å²) in [6.45, 7) is 4.01. The number of likely N-dealkylation sites (N-methyl/N-ethyl adjacent to an activating group) is 1. The lowest BCUT2D eigenvalue weighted by atomic mass is 10.3. The third-order valence-electron chi connectivity index (χ3n) is 3.17. The van der Waals surface area contributed by atoms with Gasteiger partial charge in [-0.25, -0.2) is 0 Å². The van der Waals surface area contributed by atoms with E-state index in [9.17, 15) is 0 Å². The molecule has 0 bridgehead atoms. The van der Waals surface area contributed by atoms with Crippen LogP contribution in [0.2, 0.25) is 5.02 Å². The first-order valence-corrected chi connectivity index (χ1v) is 6.43. The fourth-order valence-electron chi connectivity index (χ4n) is 2.09. The Morgan fingerprint density at radius 1 is 1.39 bits per heavy atom. The quantitative estimate of drug-likeness (QED) is 0.902. The zero-order valence-corrected chi connectivity index (χ0v) is 12.1. The largest absolute Gasteiger partial charge is 0.492 e. The summed E-state index contributed by atoms with van der Waals surface area (Å²) in [4.78, 5) is 2.43. The lowest BCUT2D eigenvalue weighted by molar-refractivity contribution is 0.235. The predicted octanol–water partition coefficient (Wildman–Crippen LogP) is 2.43. The Labute approximate surface area is 120 Å². The molecule has 0 spiro atoms. The fraction of sp³-hybridized carbons (Fsp3) is 0.538. The Balaban J connectivity index is 0.00000162. The number of nitrogens with zero attached hydrogens (tertiary/aromatic N) is 1. The molecule has 0 amide bonds. The van der Waals surface area contributed by atoms with Gasteiger partial charge >= 0.3 is 0 Å². The van der Waals surface area contributed by atoms with Gasteiger partial charge in [0, 0.05) is 24.2 Å². The first-order chi connectivity index (χ1) is 8.28. The third-order valence-corrected chi connectivity index (χ3v) is 3.42. The van der Waals surface area contributed by atoms with Crippen molar-refractivity contribution in [2.24, 2.45) is 0 Å². The maximum absolute atomic E-state index is 5.81. The zero-order chi connectivity index (χ0) is 12.1. The topological polar surface area (TPSA) is 24.5 Å². The van der Waals surface area contributed by atoms with Crippen molar-refractivity contribution in [3.05, 3.63) is 29.3 Å². The first kappa shape index (κ1) is 15.6. The minimum absolute atomic E-state index is 0. The maximum Gasteiger partial charge on any atom is 0.119 e. The van der Waals surface area contributed by atoms with Gasteiger partial charge in [0.2, 0.25) is 0 Å². The summed E-state index contributed by atoms with van der Waals surface area (Å²) in [7, 11) is 2.03. The van der Waals surface area contributed by atoms with Crippen LogP contribution in [0.15, 0.2) is 24.3 Å². The monoisotopic (exact) mass is 290 g/mol. The van der Waals surface area contributed by atoms with Crippen molar-refractivity contribution in [1.29, 1.82) is 0 Å². The van der Waals surface area contributed by atoms with Gasteiger partial charge in [0.1, 0.15) is 12.4 Å². The van der Waals surface area contributed by atoms with Crippen LogP contribution in [-0.4, -0.2) is 44.2 Å². The van der Waals surface area contributed by atoms with Crippen LogP contribution in [0.5, 0.6) is 5.75 Å². The summed E-state index contributed by atoms with van der Waals surface area (Å²) in [5.41, 5.74) is 0. The van der Waals surface area contributed by atoms with Crippen LogP contribution in [0.3, 0.4) is 0 Å². The predicted molar refractivity (Wildman–Crippen MR) is 78.1 cm³/mol. The molecule has 1 saturated heterocycles. The Kier molecular flexibility index (Phi) is 6.79. The van der Waals surface area contributed by atoms with Gasteiger partial charge in [0.25, 0.3) is 0 Å². The average molecular weight is 291 g/mol. The van der Waals surface area contributed by atoms with Crippen LogP contribution in [0.4, 0.5) is 0 Å². The number of nitrogens with one attached hydrogen (secondary N) is 1. The molecule has 18 heavy (non-hydrogen) atoms. The molecule has 1 aliphatic rings. The van der Waals surface area contributed by atoms with Gasteiger partial charge in [-0.2, -0.15) is 0 Å². The highest BCUT2D eigenvalue weighted by Gasteiger charge is 2.20. The zero-order valence-electron chi connectivity index (χ0n) is 10.6. The van der Waals surface area contributed by atoms with E-state index in [1.165, 1.54) is 6.42 Å². The molecule has 1 aromatic rings. The molecule has 2 rings (SSSR count). The van der Waals surface area contributed by atoms with Gasteiger partial charge in [-0.3, -0.25) is 4.90 Å². The molecular formula is C13H20Cl2N2O. The number of benzene rings is 1. The molecule has 102 valence electrons. The lowest BCUT2D eigenvalue weighted by Gasteiger charge is -2.16. The molecule has 1 heterocycles. The Bertz CT molecular complexity index is 345. The summed E-state index contributed by atoms with van der Waals surface area (Å²) in [5.74, 6) is 0.888. The van der Waals surface area contributed by atoms with E-state index in [0.717, 1.165) is 37.0 Å². The lowest BCUT2D eigenvalue weighted by Crippen LogP contribution is -2.31. The van der Waals surface area contributed by atoms with Gasteiger partial charge in [0.15, 0.2) is 0 Å². The van der Waals surface area contributed by atoms with Crippen LogP contribution in [0.1, 0.15) is 6.42 Å². The Morgan fingerprint density at radius 2 is 2.11 bits per heavy atom. The van der Waals surface area contributed by atoms with E-state index < -0.39 is 0 Å². The highest BCUT2D eigenvalue weighted by atomic mass is 35.5. The SMILES string of the molecule is CNC1CCN(CCOc2ccc(Cl)cc2)C1.Cl. The molecule has 1 unspecified atom stereocenters. The van der Waals surface area contributed by atoms with Crippen molar-refractivity contribution in [2.75, 3.05) is 33.3 Å². The van der Waals surface area contributed by atoms with Gasteiger partial charge in [-0.05, 0) is 44.3 Å². The highest BCUT2D eigenvalue weighted by molar-refractivity contribution is 6.30. The Hall–Kier alpha value is -0.480. The van der Waals surface area contributed by atoms with Crippen molar-refractivity contribution in [3.8, 4) is 5.75 Å². The molecule has 0 aromatic heterocycles. The highest BCUT2D eigenvalue weighted by Crippen LogP contribution is 2.15. The van der Waals surface area contributed by atoms with Crippen molar-refractivity contribution in [3.63, 3.8) is 0 Å². The molecule has 5 heteroatoms. The van der Waals surface area contributed by atoms with E-state index in [0.29, 0.717) is 6.04 Å². The standard InChI is InChI=1S/C13H19ClN2O.ClH/c1-15-12-6-7-16(10-12)8-9-17-13-4-2-11(14)3-5-13;/h2-5,12,15H,6-10H2,1H3;1H. The summed E-state index contributed by atoms with van der Waals surface area (Å²) >= 11 is 5.81. The molecule has 1 aliphatic heterocycles. The normalized spacial score (nSPS) is 19.6. The molecule has 1 aromatic carbocycles. The summed E-state index contributed by atoms with van der Waals surface area (Å²) in [5, 5.41) is 4.06. The van der Waals surface area contributed by atoms with E-state index >= 15 is 0 Å². The van der Waals surface area contributed by atoms with E-state index in [4.69, 9.17) is 16.3 Å². The summed E-state index contributed by atoms with van der Waals surface area (Å²) < 4.78 is 5.67. The van der Waals surface area contributed by atoms with Crippen LogP contribution in [0.25, 0.3) is 0 Å². The van der Waals surface area contributed by atoms with Gasteiger partial charge < -0.3 is 10.1 Å². The van der Waals surface area contributed by atoms with E-state index in [-0.39, 0.29) is 12.4 Å². The first-order valence-electron chi connectivity index (χ1n) is 6.06. The minimum atomic E-state index is 0. The Morgan fingerprint density at radius 3 is 2.72 bits per heavy atom. The summed E-state index contributed by atoms with van der Waals surface area (Å²) in [6, 6.07) is 8.16. The molecule has 1 fully saturated rings. The van der Waals surface area contributed by atoms with Gasteiger partial charge in [0.05, 0.1) is 0 Å². The maximum atomic E-state index is 5.81. The van der Waals surface area contributed by atoms with Crippen LogP contribution >= 0.6 is 24.0 Å². The van der Waals surface area contributed by atoms with Gasteiger partial charge in [-0.15, -0.1) is 12.4 Å². The van der Waals surface area contributed by atoms with E-state index in [1.807, 2.05) is 31.3 Å². The molecule has 0 saturated carbocycles. The van der Waals surface area contributed by atoms with E-state index in [1.54, 1.807) is 0 Å². The number of likely N-dealkylation sites (tertiary alicyclic amines) is 1. The number of hydrogen-bond acceptors (Lipinski definition) is 3. The third kappa shape index (κ3) is 4.65. The second-order valence-electron chi connectivity index (χ2n) is 4.38. The van der Waals surface area contributed by atoms with E-state index in [2.05, 4.69) is 10.2 Å². The molecule has 0 radical (unpaired) electrons. The number of hydrogen-bond donors (Lipinski definition) is 1. The fourth-order valence-corrected chi connectivity index (χ4v) is 2.22.